The summed E-state index contributed by atoms with van der Waals surface area (Å²) >= 11 is 0. The maximum absolute atomic E-state index is 5.56. The second-order valence-electron chi connectivity index (χ2n) is 2.09. The third-order valence-corrected chi connectivity index (χ3v) is 1.33. The zero-order chi connectivity index (χ0) is 10.3. The summed E-state index contributed by atoms with van der Waals surface area (Å²) in [5, 5.41) is 1.47. The summed E-state index contributed by atoms with van der Waals surface area (Å²) in [6.07, 6.45) is 2.94. The van der Waals surface area contributed by atoms with Gasteiger partial charge in [0.15, 0.2) is 5.82 Å². The Balaban J connectivity index is 0.000000671. The van der Waals surface area contributed by atoms with Gasteiger partial charge in [0, 0.05) is 6.54 Å². The lowest BCUT2D eigenvalue weighted by Gasteiger charge is -2.15. The average molecular weight is 183 g/mol. The lowest BCUT2D eigenvalue weighted by molar-refractivity contribution is 0.865. The molecule has 0 saturated heterocycles. The van der Waals surface area contributed by atoms with Crippen molar-refractivity contribution in [2.24, 2.45) is 5.84 Å². The second kappa shape index (κ2) is 6.19. The summed E-state index contributed by atoms with van der Waals surface area (Å²) in [6, 6.07) is 0. The molecule has 0 aliphatic rings. The number of nitrogens with zero attached hydrogens (tertiary/aromatic N) is 3. The summed E-state index contributed by atoms with van der Waals surface area (Å²) in [5.41, 5.74) is 6.05. The number of anilines is 2. The highest BCUT2D eigenvalue weighted by molar-refractivity contribution is 5.59. The van der Waals surface area contributed by atoms with E-state index in [9.17, 15) is 0 Å². The molecule has 0 spiro atoms. The van der Waals surface area contributed by atoms with Gasteiger partial charge in [-0.2, -0.15) is 0 Å². The Hall–Kier alpha value is -1.36. The molecule has 1 aromatic rings. The molecule has 1 aromatic heterocycles. The fourth-order valence-corrected chi connectivity index (χ4v) is 0.724. The molecule has 0 atom stereocenters. The third kappa shape index (κ3) is 3.25. The molecule has 0 unspecified atom stereocenters. The second-order valence-corrected chi connectivity index (χ2v) is 2.09. The largest absolute Gasteiger partial charge is 0.394 e. The SMILES string of the molecule is CC.CCN(N)c1ncncc1N. The molecule has 0 radical (unpaired) electrons. The Kier molecular flexibility index (Phi) is 5.54. The van der Waals surface area contributed by atoms with Crippen LogP contribution in [-0.2, 0) is 0 Å². The fraction of sp³-hybridized carbons (Fsp3) is 0.500. The van der Waals surface area contributed by atoms with Crippen LogP contribution in [-0.4, -0.2) is 16.5 Å². The molecule has 0 aliphatic carbocycles. The molecule has 1 heterocycles. The molecule has 0 aromatic carbocycles. The zero-order valence-electron chi connectivity index (χ0n) is 8.36. The molecular formula is C8H17N5. The highest BCUT2D eigenvalue weighted by atomic mass is 15.4. The Labute approximate surface area is 78.7 Å². The Morgan fingerprint density at radius 2 is 2.08 bits per heavy atom. The van der Waals surface area contributed by atoms with Gasteiger partial charge in [-0.3, -0.25) is 5.01 Å². The lowest BCUT2D eigenvalue weighted by Crippen LogP contribution is -2.31. The summed E-state index contributed by atoms with van der Waals surface area (Å²) in [4.78, 5) is 7.66. The molecule has 5 nitrogen and oxygen atoms in total. The lowest BCUT2D eigenvalue weighted by atomic mass is 10.5. The van der Waals surface area contributed by atoms with E-state index < -0.39 is 0 Å². The van der Waals surface area contributed by atoms with E-state index in [0.717, 1.165) is 0 Å². The van der Waals surface area contributed by atoms with E-state index >= 15 is 0 Å². The van der Waals surface area contributed by atoms with Gasteiger partial charge in [-0.1, -0.05) is 13.8 Å². The maximum Gasteiger partial charge on any atom is 0.169 e. The van der Waals surface area contributed by atoms with Crippen molar-refractivity contribution in [3.8, 4) is 0 Å². The first-order chi connectivity index (χ1) is 6.25. The van der Waals surface area contributed by atoms with Crippen LogP contribution in [0.4, 0.5) is 11.5 Å². The first kappa shape index (κ1) is 11.6. The predicted molar refractivity (Wildman–Crippen MR) is 55.0 cm³/mol. The Morgan fingerprint density at radius 1 is 1.46 bits per heavy atom. The molecule has 5 heteroatoms. The van der Waals surface area contributed by atoms with Crippen molar-refractivity contribution >= 4 is 11.5 Å². The standard InChI is InChI=1S/C6H11N5.C2H6/c1-2-11(8)6-5(7)3-9-4-10-6;1-2/h3-4H,2,7-8H2,1H3;1-2H3. The summed E-state index contributed by atoms with van der Waals surface area (Å²) in [6.45, 7) is 6.59. The van der Waals surface area contributed by atoms with Crippen LogP contribution in [0.25, 0.3) is 0 Å². The molecule has 74 valence electrons. The number of nitrogens with two attached hydrogens (primary N) is 2. The fourth-order valence-electron chi connectivity index (χ4n) is 0.724. The number of rotatable bonds is 2. The van der Waals surface area contributed by atoms with Crippen molar-refractivity contribution in [3.63, 3.8) is 0 Å². The van der Waals surface area contributed by atoms with E-state index in [0.29, 0.717) is 18.1 Å². The molecule has 0 amide bonds. The predicted octanol–water partition coefficient (Wildman–Crippen LogP) is 0.785. The van der Waals surface area contributed by atoms with Crippen molar-refractivity contribution < 1.29 is 0 Å². The molecule has 0 saturated carbocycles. The number of aromatic nitrogens is 2. The van der Waals surface area contributed by atoms with Crippen molar-refractivity contribution in [2.75, 3.05) is 17.3 Å². The minimum atomic E-state index is 0.497. The van der Waals surface area contributed by atoms with Crippen molar-refractivity contribution in [1.29, 1.82) is 0 Å². The zero-order valence-corrected chi connectivity index (χ0v) is 8.36. The minimum absolute atomic E-state index is 0.497. The quantitative estimate of drug-likeness (QED) is 0.523. The van der Waals surface area contributed by atoms with Gasteiger partial charge in [-0.15, -0.1) is 0 Å². The van der Waals surface area contributed by atoms with Crippen LogP contribution < -0.4 is 16.6 Å². The maximum atomic E-state index is 5.56. The van der Waals surface area contributed by atoms with Gasteiger partial charge in [0.2, 0.25) is 0 Å². The Bertz CT molecular complexity index is 238. The normalized spacial score (nSPS) is 8.62. The summed E-state index contributed by atoms with van der Waals surface area (Å²) < 4.78 is 0. The van der Waals surface area contributed by atoms with E-state index in [-0.39, 0.29) is 0 Å². The highest BCUT2D eigenvalue weighted by Crippen LogP contribution is 2.13. The van der Waals surface area contributed by atoms with Crippen LogP contribution in [0.3, 0.4) is 0 Å². The first-order valence-electron chi connectivity index (χ1n) is 4.33. The van der Waals surface area contributed by atoms with E-state index in [1.165, 1.54) is 17.5 Å². The van der Waals surface area contributed by atoms with Crippen molar-refractivity contribution in [2.45, 2.75) is 20.8 Å². The van der Waals surface area contributed by atoms with Gasteiger partial charge in [0.1, 0.15) is 6.33 Å². The van der Waals surface area contributed by atoms with Gasteiger partial charge in [-0.05, 0) is 6.92 Å². The number of hydrogen-bond donors (Lipinski definition) is 2. The highest BCUT2D eigenvalue weighted by Gasteiger charge is 2.03. The average Bonchev–Trinajstić information content (AvgIpc) is 2.20. The van der Waals surface area contributed by atoms with Crippen molar-refractivity contribution in [1.82, 2.24) is 9.97 Å². The monoisotopic (exact) mass is 183 g/mol. The summed E-state index contributed by atoms with van der Waals surface area (Å²) in [7, 11) is 0. The van der Waals surface area contributed by atoms with Crippen LogP contribution in [0.1, 0.15) is 20.8 Å². The van der Waals surface area contributed by atoms with E-state index in [4.69, 9.17) is 11.6 Å². The van der Waals surface area contributed by atoms with Crippen LogP contribution in [0.5, 0.6) is 0 Å². The molecule has 1 rings (SSSR count). The first-order valence-corrected chi connectivity index (χ1v) is 4.33. The van der Waals surface area contributed by atoms with Gasteiger partial charge in [0.25, 0.3) is 0 Å². The van der Waals surface area contributed by atoms with Gasteiger partial charge < -0.3 is 5.73 Å². The minimum Gasteiger partial charge on any atom is -0.394 e. The molecule has 0 fully saturated rings. The van der Waals surface area contributed by atoms with Crippen LogP contribution in [0, 0.1) is 0 Å². The van der Waals surface area contributed by atoms with E-state index in [1.807, 2.05) is 20.8 Å². The molecule has 13 heavy (non-hydrogen) atoms. The third-order valence-electron chi connectivity index (χ3n) is 1.33. The van der Waals surface area contributed by atoms with E-state index in [2.05, 4.69) is 9.97 Å². The number of hydrogen-bond acceptors (Lipinski definition) is 5. The molecule has 0 aliphatic heterocycles. The smallest absolute Gasteiger partial charge is 0.169 e. The van der Waals surface area contributed by atoms with E-state index in [1.54, 1.807) is 0 Å². The van der Waals surface area contributed by atoms with Gasteiger partial charge in [-0.25, -0.2) is 15.8 Å². The number of hydrazine groups is 1. The van der Waals surface area contributed by atoms with Crippen LogP contribution in [0.2, 0.25) is 0 Å². The van der Waals surface area contributed by atoms with Gasteiger partial charge in [0.05, 0.1) is 11.9 Å². The Morgan fingerprint density at radius 3 is 2.54 bits per heavy atom. The van der Waals surface area contributed by atoms with Crippen molar-refractivity contribution in [3.05, 3.63) is 12.5 Å². The van der Waals surface area contributed by atoms with Crippen LogP contribution >= 0.6 is 0 Å². The molecule has 0 bridgehead atoms. The number of nitrogen functional groups attached to an aromatic ring is 1. The summed E-state index contributed by atoms with van der Waals surface area (Å²) in [5.74, 6) is 6.13. The topological polar surface area (TPSA) is 81.1 Å². The molecular weight excluding hydrogens is 166 g/mol. The van der Waals surface area contributed by atoms with Crippen LogP contribution in [0.15, 0.2) is 12.5 Å². The van der Waals surface area contributed by atoms with Gasteiger partial charge >= 0.3 is 0 Å². The molecule has 4 N–H and O–H groups in total.